The Labute approximate surface area is 152 Å². The molecule has 0 aliphatic rings. The smallest absolute Gasteiger partial charge is 0.326 e. The van der Waals surface area contributed by atoms with Gasteiger partial charge >= 0.3 is 6.03 Å². The molecule has 0 spiro atoms. The molecule has 4 N–H and O–H groups in total. The highest BCUT2D eigenvalue weighted by Crippen LogP contribution is 2.28. The van der Waals surface area contributed by atoms with E-state index >= 15 is 0 Å². The fourth-order valence-electron chi connectivity index (χ4n) is 2.81. The van der Waals surface area contributed by atoms with Crippen molar-refractivity contribution in [3.63, 3.8) is 0 Å². The first-order valence-corrected chi connectivity index (χ1v) is 8.38. The summed E-state index contributed by atoms with van der Waals surface area (Å²) in [7, 11) is 0. The van der Waals surface area contributed by atoms with E-state index in [1.165, 1.54) is 6.07 Å². The molecule has 138 valence electrons. The summed E-state index contributed by atoms with van der Waals surface area (Å²) < 4.78 is 0. The van der Waals surface area contributed by atoms with Crippen molar-refractivity contribution >= 4 is 23.1 Å². The van der Waals surface area contributed by atoms with Gasteiger partial charge in [-0.15, -0.1) is 0 Å². The molecule has 0 aliphatic carbocycles. The molecule has 0 radical (unpaired) electrons. The van der Waals surface area contributed by atoms with Crippen molar-refractivity contribution in [3.8, 4) is 0 Å². The maximum Gasteiger partial charge on any atom is 0.337 e. The summed E-state index contributed by atoms with van der Waals surface area (Å²) in [6.07, 6.45) is 0. The molecule has 2 amide bonds. The van der Waals surface area contributed by atoms with Crippen molar-refractivity contribution in [2.24, 2.45) is 0 Å². The van der Waals surface area contributed by atoms with Crippen LogP contribution < -0.4 is 21.7 Å². The van der Waals surface area contributed by atoms with E-state index in [4.69, 9.17) is 0 Å². The Hall–Kier alpha value is -3.09. The number of nitrogens with zero attached hydrogens (tertiary/aromatic N) is 1. The maximum absolute atomic E-state index is 12.0. The number of aromatic nitrogens is 2. The molecule has 2 aromatic rings. The Morgan fingerprint density at radius 3 is 2.50 bits per heavy atom. The van der Waals surface area contributed by atoms with Crippen LogP contribution in [0.4, 0.5) is 16.3 Å². The molecule has 0 saturated heterocycles. The first-order chi connectivity index (χ1) is 12.2. The van der Waals surface area contributed by atoms with E-state index in [1.54, 1.807) is 13.0 Å². The molecule has 26 heavy (non-hydrogen) atoms. The third kappa shape index (κ3) is 4.72. The zero-order valence-corrected chi connectivity index (χ0v) is 15.8. The van der Waals surface area contributed by atoms with Gasteiger partial charge in [0.1, 0.15) is 5.82 Å². The van der Waals surface area contributed by atoms with Crippen LogP contribution >= 0.6 is 0 Å². The molecule has 7 heteroatoms. The number of carbonyl (C=O) groups excluding carboxylic acids is 1. The Morgan fingerprint density at radius 1 is 1.23 bits per heavy atom. The van der Waals surface area contributed by atoms with Gasteiger partial charge in [-0.05, 0) is 50.0 Å². The average Bonchev–Trinajstić information content (AvgIpc) is 2.50. The van der Waals surface area contributed by atoms with Gasteiger partial charge in [-0.1, -0.05) is 20.4 Å². The largest absolute Gasteiger partial charge is 0.337 e. The Kier molecular flexibility index (Phi) is 5.82. The summed E-state index contributed by atoms with van der Waals surface area (Å²) in [6, 6.07) is 4.39. The molecule has 0 fully saturated rings. The lowest BCUT2D eigenvalue weighted by Crippen LogP contribution is -2.34. The van der Waals surface area contributed by atoms with Crippen LogP contribution in [0.1, 0.15) is 49.2 Å². The number of pyridine rings is 2. The number of carbonyl (C=O) groups is 1. The molecule has 2 heterocycles. The van der Waals surface area contributed by atoms with Gasteiger partial charge in [0.15, 0.2) is 0 Å². The van der Waals surface area contributed by atoms with E-state index in [0.29, 0.717) is 17.2 Å². The van der Waals surface area contributed by atoms with Crippen LogP contribution in [0.25, 0.3) is 5.57 Å². The first kappa shape index (κ1) is 19.2. The maximum atomic E-state index is 12.0. The summed E-state index contributed by atoms with van der Waals surface area (Å²) >= 11 is 0. The van der Waals surface area contributed by atoms with Gasteiger partial charge in [0.25, 0.3) is 0 Å². The van der Waals surface area contributed by atoms with Crippen LogP contribution in [0.15, 0.2) is 29.6 Å². The molecule has 0 bridgehead atoms. The van der Waals surface area contributed by atoms with Gasteiger partial charge in [0.2, 0.25) is 5.56 Å². The molecule has 2 rings (SSSR count). The fourth-order valence-corrected chi connectivity index (χ4v) is 2.81. The Bertz CT molecular complexity index is 899. The third-order valence-electron chi connectivity index (χ3n) is 3.82. The molecular weight excluding hydrogens is 330 g/mol. The second kappa shape index (κ2) is 7.86. The number of nitrogens with one attached hydrogen (secondary N) is 4. The zero-order valence-electron chi connectivity index (χ0n) is 15.8. The quantitative estimate of drug-likeness (QED) is 0.615. The van der Waals surface area contributed by atoms with Gasteiger partial charge in [-0.2, -0.15) is 0 Å². The topological polar surface area (TPSA) is 98.9 Å². The van der Waals surface area contributed by atoms with Crippen molar-refractivity contribution in [1.29, 1.82) is 0 Å². The standard InChI is InChI=1S/C19H25N5O2/c1-10(2)15-9-16(21-13(6)18(15)11(3)4)23-24-19(26)22-14-7-12(5)20-17(25)8-14/h7-10H,3H2,1-2,4-6H3,(H,21,23)(H3,20,22,24,25,26). The van der Waals surface area contributed by atoms with Crippen molar-refractivity contribution in [2.45, 2.75) is 40.5 Å². The first-order valence-electron chi connectivity index (χ1n) is 8.38. The van der Waals surface area contributed by atoms with Gasteiger partial charge in [0.05, 0.1) is 0 Å². The number of amides is 2. The predicted octanol–water partition coefficient (Wildman–Crippen LogP) is 3.69. The summed E-state index contributed by atoms with van der Waals surface area (Å²) in [5.41, 5.74) is 10.1. The fraction of sp³-hybridized carbons (Fsp3) is 0.316. The Morgan fingerprint density at radius 2 is 1.92 bits per heavy atom. The highest BCUT2D eigenvalue weighted by molar-refractivity contribution is 5.89. The summed E-state index contributed by atoms with van der Waals surface area (Å²) in [6.45, 7) is 13.8. The van der Waals surface area contributed by atoms with Crippen LogP contribution in [0, 0.1) is 13.8 Å². The number of hydrogen-bond acceptors (Lipinski definition) is 4. The molecule has 7 nitrogen and oxygen atoms in total. The Balaban J connectivity index is 2.12. The van der Waals surface area contributed by atoms with Crippen LogP contribution in [0.2, 0.25) is 0 Å². The van der Waals surface area contributed by atoms with E-state index in [0.717, 1.165) is 22.4 Å². The van der Waals surface area contributed by atoms with Crippen molar-refractivity contribution < 1.29 is 4.79 Å². The minimum atomic E-state index is -0.496. The highest BCUT2D eigenvalue weighted by Gasteiger charge is 2.13. The lowest BCUT2D eigenvalue weighted by atomic mass is 9.93. The number of hydrogen-bond donors (Lipinski definition) is 4. The number of urea groups is 1. The van der Waals surface area contributed by atoms with Crippen LogP contribution in [-0.2, 0) is 0 Å². The van der Waals surface area contributed by atoms with Gasteiger partial charge in [-0.3, -0.25) is 15.6 Å². The lowest BCUT2D eigenvalue weighted by molar-refractivity contribution is 0.254. The number of hydrazine groups is 1. The number of anilines is 2. The second-order valence-electron chi connectivity index (χ2n) is 6.61. The molecule has 0 aromatic carbocycles. The minimum Gasteiger partial charge on any atom is -0.326 e. The predicted molar refractivity (Wildman–Crippen MR) is 105 cm³/mol. The average molecular weight is 355 g/mol. The van der Waals surface area contributed by atoms with Gasteiger partial charge in [-0.25, -0.2) is 9.78 Å². The number of allylic oxidation sites excluding steroid dienone is 1. The van der Waals surface area contributed by atoms with Crippen molar-refractivity contribution in [2.75, 3.05) is 10.7 Å². The van der Waals surface area contributed by atoms with E-state index in [2.05, 4.69) is 46.6 Å². The van der Waals surface area contributed by atoms with E-state index in [1.807, 2.05) is 19.9 Å². The normalized spacial score (nSPS) is 10.5. The molecular formula is C19H25N5O2. The zero-order chi connectivity index (χ0) is 19.4. The number of aromatic amines is 1. The van der Waals surface area contributed by atoms with Crippen molar-refractivity contribution in [3.05, 3.63) is 57.6 Å². The van der Waals surface area contributed by atoms with Gasteiger partial charge in [0, 0.05) is 28.7 Å². The summed E-state index contributed by atoms with van der Waals surface area (Å²) in [4.78, 5) is 30.6. The number of H-pyrrole nitrogens is 1. The second-order valence-corrected chi connectivity index (χ2v) is 6.61. The van der Waals surface area contributed by atoms with E-state index in [-0.39, 0.29) is 11.5 Å². The van der Waals surface area contributed by atoms with Gasteiger partial charge < -0.3 is 10.3 Å². The monoisotopic (exact) mass is 355 g/mol. The summed E-state index contributed by atoms with van der Waals surface area (Å²) in [5.74, 6) is 0.824. The molecule has 2 aromatic heterocycles. The van der Waals surface area contributed by atoms with E-state index in [9.17, 15) is 9.59 Å². The van der Waals surface area contributed by atoms with Crippen LogP contribution in [0.3, 0.4) is 0 Å². The van der Waals surface area contributed by atoms with Crippen LogP contribution in [0.5, 0.6) is 0 Å². The number of rotatable bonds is 5. The van der Waals surface area contributed by atoms with Crippen molar-refractivity contribution in [1.82, 2.24) is 15.4 Å². The van der Waals surface area contributed by atoms with Crippen LogP contribution in [-0.4, -0.2) is 16.0 Å². The lowest BCUT2D eigenvalue weighted by Gasteiger charge is -2.18. The molecule has 0 saturated carbocycles. The molecule has 0 aliphatic heterocycles. The SMILES string of the molecule is C=C(C)c1c(C(C)C)cc(NNC(=O)Nc2cc(C)[nH]c(=O)c2)nc1C. The summed E-state index contributed by atoms with van der Waals surface area (Å²) in [5, 5.41) is 2.60. The van der Waals surface area contributed by atoms with E-state index < -0.39 is 6.03 Å². The molecule has 0 atom stereocenters. The number of aryl methyl sites for hydroxylation is 2. The third-order valence-corrected chi connectivity index (χ3v) is 3.82. The molecule has 0 unspecified atom stereocenters. The minimum absolute atomic E-state index is 0.275. The highest BCUT2D eigenvalue weighted by atomic mass is 16.2.